The third kappa shape index (κ3) is 1.69. The molecule has 0 atom stereocenters. The van der Waals surface area contributed by atoms with Crippen molar-refractivity contribution in [1.82, 2.24) is 0 Å². The Morgan fingerprint density at radius 3 is 2.93 bits per heavy atom. The Labute approximate surface area is 96.7 Å². The molecule has 1 aromatic heterocycles. The standard InChI is InChI=1S/C4B8S2/c5-1-2-4(7-10-11-12-14-2)13-3(1)6-9-8-5. The van der Waals surface area contributed by atoms with E-state index in [1.54, 1.807) is 0 Å². The van der Waals surface area contributed by atoms with Gasteiger partial charge in [-0.3, -0.25) is 0 Å². The van der Waals surface area contributed by atoms with Gasteiger partial charge in [0.1, 0.15) is 0 Å². The normalized spacial score (nSPS) is 13.1. The zero-order chi connectivity index (χ0) is 9.38. The van der Waals surface area contributed by atoms with Gasteiger partial charge in [-0.1, -0.05) is 0 Å². The van der Waals surface area contributed by atoms with E-state index in [0.29, 0.717) is 0 Å². The predicted molar refractivity (Wildman–Crippen MR) is 75.1 cm³/mol. The summed E-state index contributed by atoms with van der Waals surface area (Å²) < 4.78 is 2.76. The summed E-state index contributed by atoms with van der Waals surface area (Å²) in [5.74, 6) is 0. The first-order valence-corrected chi connectivity index (χ1v) is 6.16. The van der Waals surface area contributed by atoms with Gasteiger partial charge < -0.3 is 0 Å². The van der Waals surface area contributed by atoms with Crippen molar-refractivity contribution in [3.63, 3.8) is 0 Å². The molecule has 2 aliphatic rings. The average Bonchev–Trinajstić information content (AvgIpc) is 2.42. The van der Waals surface area contributed by atoms with Gasteiger partial charge in [0.05, 0.1) is 0 Å². The molecule has 14 heavy (non-hydrogen) atoms. The van der Waals surface area contributed by atoms with Crippen LogP contribution in [0.1, 0.15) is 0 Å². The van der Waals surface area contributed by atoms with Crippen LogP contribution in [0.2, 0.25) is 0 Å². The van der Waals surface area contributed by atoms with Crippen LogP contribution in [0.25, 0.3) is 0 Å². The van der Waals surface area contributed by atoms with Gasteiger partial charge in [-0.15, -0.1) is 0 Å². The molecule has 3 heterocycles. The van der Waals surface area contributed by atoms with Gasteiger partial charge >= 0.3 is 96.9 Å². The van der Waals surface area contributed by atoms with Gasteiger partial charge in [0.25, 0.3) is 0 Å². The van der Waals surface area contributed by atoms with E-state index < -0.39 is 0 Å². The molecule has 52 valence electrons. The van der Waals surface area contributed by atoms with Crippen LogP contribution in [0.5, 0.6) is 0 Å². The Morgan fingerprint density at radius 2 is 1.93 bits per heavy atom. The van der Waals surface area contributed by atoms with Crippen LogP contribution in [-0.4, -0.2) is 54.0 Å². The Morgan fingerprint density at radius 1 is 0.929 bits per heavy atom. The van der Waals surface area contributed by atoms with Crippen molar-refractivity contribution < 1.29 is 0 Å². The molecule has 0 fully saturated rings. The molecule has 0 nitrogen and oxygen atoms in total. The van der Waals surface area contributed by atoms with Crippen LogP contribution in [0, 0.1) is 0 Å². The van der Waals surface area contributed by atoms with Crippen LogP contribution in [-0.2, 0) is 0 Å². The molecule has 1 aromatic rings. The fourth-order valence-corrected chi connectivity index (χ4v) is 3.71. The fraction of sp³-hybridized carbons (Fsp3) is 0. The summed E-state index contributed by atoms with van der Waals surface area (Å²) in [5, 5.41) is 0. The molecule has 0 amide bonds. The molecular formula is C4B8S2. The summed E-state index contributed by atoms with van der Waals surface area (Å²) in [4.78, 5) is 1.40. The van der Waals surface area contributed by atoms with Gasteiger partial charge in [0, 0.05) is 0 Å². The maximum atomic E-state index is 2.20. The Hall–Kier alpha value is 0.569. The van der Waals surface area contributed by atoms with Gasteiger partial charge in [-0.2, -0.15) is 0 Å². The van der Waals surface area contributed by atoms with E-state index in [1.807, 2.05) is 22.9 Å². The molecule has 0 unspecified atom stereocenters. The summed E-state index contributed by atoms with van der Waals surface area (Å²) in [6, 6.07) is 0. The number of hydrogen-bond acceptors (Lipinski definition) is 2. The zero-order valence-corrected chi connectivity index (χ0v) is 9.07. The van der Waals surface area contributed by atoms with Crippen LogP contribution in [0.15, 0.2) is 4.90 Å². The maximum absolute atomic E-state index is 2.20. The van der Waals surface area contributed by atoms with Crippen molar-refractivity contribution in [2.45, 2.75) is 4.90 Å². The number of thiophene rings is 1. The summed E-state index contributed by atoms with van der Waals surface area (Å²) in [7, 11) is 4.29. The Bertz CT molecular complexity index is 458. The molecule has 0 N–H and O–H groups in total. The second-order valence-corrected chi connectivity index (χ2v) is 5.10. The second kappa shape index (κ2) is 4.21. The van der Waals surface area contributed by atoms with Crippen molar-refractivity contribution >= 4 is 92.0 Å². The molecule has 2 radical (unpaired) electrons. The Kier molecular flexibility index (Phi) is 2.94. The SMILES string of the molecule is [B]1[B]c2sc3c(c2B=B1)SB=BB=B3. The molecule has 3 rings (SSSR count). The molecule has 10 heteroatoms. The quantitative estimate of drug-likeness (QED) is 0.396. The first-order valence-electron chi connectivity index (χ1n) is 4.46. The first-order chi connectivity index (χ1) is 6.95. The van der Waals surface area contributed by atoms with E-state index in [0.717, 1.165) is 0 Å². The molecule has 0 saturated heterocycles. The molecule has 0 saturated carbocycles. The third-order valence-corrected chi connectivity index (χ3v) is 4.43. The van der Waals surface area contributed by atoms with Crippen LogP contribution < -0.4 is 15.0 Å². The van der Waals surface area contributed by atoms with Crippen LogP contribution >= 0.6 is 22.9 Å². The third-order valence-electron chi connectivity index (χ3n) is 2.20. The minimum absolute atomic E-state index is 1.38. The van der Waals surface area contributed by atoms with Gasteiger partial charge in [0.15, 0.2) is 0 Å². The molecule has 0 bridgehead atoms. The summed E-state index contributed by atoms with van der Waals surface area (Å²) in [6.45, 7) is 10.7. The van der Waals surface area contributed by atoms with Crippen molar-refractivity contribution in [3.8, 4) is 0 Å². The van der Waals surface area contributed by atoms with E-state index in [1.165, 1.54) is 19.9 Å². The van der Waals surface area contributed by atoms with E-state index in [-0.39, 0.29) is 0 Å². The summed E-state index contributed by atoms with van der Waals surface area (Å²) in [5.41, 5.74) is 1.38. The van der Waals surface area contributed by atoms with Gasteiger partial charge in [-0.05, 0) is 0 Å². The molecular weight excluding hydrogens is 199 g/mol. The number of hydrogen-bond donors (Lipinski definition) is 0. The van der Waals surface area contributed by atoms with E-state index in [9.17, 15) is 0 Å². The van der Waals surface area contributed by atoms with Crippen molar-refractivity contribution in [2.75, 3.05) is 0 Å². The Balaban J connectivity index is 2.20. The van der Waals surface area contributed by atoms with E-state index >= 15 is 0 Å². The van der Waals surface area contributed by atoms with Crippen molar-refractivity contribution in [2.24, 2.45) is 0 Å². The first kappa shape index (κ1) is 9.77. The van der Waals surface area contributed by atoms with E-state index in [2.05, 4.69) is 54.0 Å². The molecule has 0 spiro atoms. The molecule has 2 aliphatic heterocycles. The van der Waals surface area contributed by atoms with Crippen LogP contribution in [0.3, 0.4) is 0 Å². The second-order valence-electron chi connectivity index (χ2n) is 3.10. The topological polar surface area (TPSA) is 0 Å². The summed E-state index contributed by atoms with van der Waals surface area (Å²) in [6.07, 6.45) is 2.14. The van der Waals surface area contributed by atoms with Crippen molar-refractivity contribution in [1.29, 1.82) is 0 Å². The van der Waals surface area contributed by atoms with Gasteiger partial charge in [0.2, 0.25) is 0 Å². The number of fused-ring (bicyclic) bond motifs is 3. The monoisotopic (exact) mass is 200 g/mol. The van der Waals surface area contributed by atoms with E-state index in [4.69, 9.17) is 0 Å². The predicted octanol–water partition coefficient (Wildman–Crippen LogP) is -3.22. The average molecular weight is 199 g/mol. The number of rotatable bonds is 0. The molecule has 0 aliphatic carbocycles. The zero-order valence-electron chi connectivity index (χ0n) is 7.44. The fourth-order valence-electron chi connectivity index (χ4n) is 1.57. The minimum atomic E-state index is 1.38. The summed E-state index contributed by atoms with van der Waals surface area (Å²) >= 11 is 3.68. The van der Waals surface area contributed by atoms with Gasteiger partial charge in [-0.25, -0.2) is 0 Å². The molecule has 0 aromatic carbocycles. The van der Waals surface area contributed by atoms with Crippen LogP contribution in [0.4, 0.5) is 0 Å². The van der Waals surface area contributed by atoms with Crippen molar-refractivity contribution in [3.05, 3.63) is 0 Å².